The number of anilines is 2. The van der Waals surface area contributed by atoms with Gasteiger partial charge in [0.05, 0.1) is 12.5 Å². The number of nitrogens with zero attached hydrogens (tertiary/aromatic N) is 5. The number of aromatic amines is 1. The second-order valence-corrected chi connectivity index (χ2v) is 7.67. The number of aromatic nitrogens is 4. The summed E-state index contributed by atoms with van der Waals surface area (Å²) in [5, 5.41) is 8.81. The summed E-state index contributed by atoms with van der Waals surface area (Å²) in [7, 11) is 1.70. The largest absolute Gasteiger partial charge is 0.497 e. The van der Waals surface area contributed by atoms with E-state index in [4.69, 9.17) is 14.7 Å². The van der Waals surface area contributed by atoms with E-state index in [9.17, 15) is 0 Å². The van der Waals surface area contributed by atoms with E-state index < -0.39 is 0 Å². The van der Waals surface area contributed by atoms with Crippen LogP contribution in [0.1, 0.15) is 36.9 Å². The van der Waals surface area contributed by atoms with Crippen LogP contribution in [0.4, 0.5) is 11.8 Å². The van der Waals surface area contributed by atoms with Gasteiger partial charge in [-0.05, 0) is 49.8 Å². The van der Waals surface area contributed by atoms with Crippen molar-refractivity contribution in [1.29, 1.82) is 0 Å². The van der Waals surface area contributed by atoms with Crippen molar-refractivity contribution < 1.29 is 4.74 Å². The zero-order valence-electron chi connectivity index (χ0n) is 16.3. The van der Waals surface area contributed by atoms with Gasteiger partial charge in [-0.25, -0.2) is 0 Å². The first-order valence-corrected chi connectivity index (χ1v) is 10.2. The Morgan fingerprint density at radius 3 is 2.61 bits per heavy atom. The SMILES string of the molecule is COc1ccc(CN2CCCc3[nH]nc4nc(N5CCCCC5)nc2c34)cc1. The van der Waals surface area contributed by atoms with Gasteiger partial charge in [0.1, 0.15) is 11.6 Å². The summed E-state index contributed by atoms with van der Waals surface area (Å²) in [6.45, 7) is 3.85. The minimum Gasteiger partial charge on any atom is -0.497 e. The molecule has 7 heteroatoms. The van der Waals surface area contributed by atoms with Crippen molar-refractivity contribution in [3.05, 3.63) is 35.5 Å². The summed E-state index contributed by atoms with van der Waals surface area (Å²) >= 11 is 0. The highest BCUT2D eigenvalue weighted by Gasteiger charge is 2.25. The minimum absolute atomic E-state index is 0.794. The number of aryl methyl sites for hydroxylation is 1. The molecule has 5 rings (SSSR count). The summed E-state index contributed by atoms with van der Waals surface area (Å²) in [5.41, 5.74) is 3.20. The molecule has 0 atom stereocenters. The van der Waals surface area contributed by atoms with Crippen LogP contribution in [0.3, 0.4) is 0 Å². The molecule has 1 N–H and O–H groups in total. The average molecular weight is 378 g/mol. The number of hydrogen-bond acceptors (Lipinski definition) is 6. The maximum atomic E-state index is 5.29. The minimum atomic E-state index is 0.794. The summed E-state index contributed by atoms with van der Waals surface area (Å²) in [4.78, 5) is 14.5. The van der Waals surface area contributed by atoms with Crippen molar-refractivity contribution >= 4 is 22.8 Å². The Labute approximate surface area is 164 Å². The number of methoxy groups -OCH3 is 1. The number of nitrogens with one attached hydrogen (secondary N) is 1. The van der Waals surface area contributed by atoms with Gasteiger partial charge in [-0.2, -0.15) is 15.1 Å². The number of hydrogen-bond donors (Lipinski definition) is 1. The third-order valence-electron chi connectivity index (χ3n) is 5.78. The molecule has 28 heavy (non-hydrogen) atoms. The first-order chi connectivity index (χ1) is 13.8. The fourth-order valence-electron chi connectivity index (χ4n) is 4.26. The molecule has 3 aromatic rings. The van der Waals surface area contributed by atoms with Crippen LogP contribution in [-0.2, 0) is 13.0 Å². The summed E-state index contributed by atoms with van der Waals surface area (Å²) in [6, 6.07) is 8.30. The van der Waals surface area contributed by atoms with Crippen molar-refractivity contribution in [2.45, 2.75) is 38.6 Å². The predicted octanol–water partition coefficient (Wildman–Crippen LogP) is 3.30. The van der Waals surface area contributed by atoms with E-state index in [0.29, 0.717) is 0 Å². The van der Waals surface area contributed by atoms with E-state index in [1.807, 2.05) is 12.1 Å². The van der Waals surface area contributed by atoms with E-state index in [0.717, 1.165) is 73.3 Å². The highest BCUT2D eigenvalue weighted by molar-refractivity contribution is 5.91. The Kier molecular flexibility index (Phi) is 4.50. The Bertz CT molecular complexity index is 961. The molecule has 1 saturated heterocycles. The molecule has 4 heterocycles. The van der Waals surface area contributed by atoms with Crippen molar-refractivity contribution in [2.75, 3.05) is 36.5 Å². The van der Waals surface area contributed by atoms with E-state index in [2.05, 4.69) is 32.1 Å². The third kappa shape index (κ3) is 3.15. The van der Waals surface area contributed by atoms with Crippen LogP contribution in [-0.4, -0.2) is 46.9 Å². The van der Waals surface area contributed by atoms with Gasteiger partial charge in [0, 0.05) is 31.9 Å². The van der Waals surface area contributed by atoms with Gasteiger partial charge in [0.25, 0.3) is 0 Å². The maximum Gasteiger partial charge on any atom is 0.229 e. The van der Waals surface area contributed by atoms with Gasteiger partial charge in [0.15, 0.2) is 5.65 Å². The van der Waals surface area contributed by atoms with Crippen molar-refractivity contribution in [2.24, 2.45) is 0 Å². The second-order valence-electron chi connectivity index (χ2n) is 7.67. The zero-order valence-corrected chi connectivity index (χ0v) is 16.3. The lowest BCUT2D eigenvalue weighted by atomic mass is 10.1. The van der Waals surface area contributed by atoms with Gasteiger partial charge >= 0.3 is 0 Å². The predicted molar refractivity (Wildman–Crippen MR) is 110 cm³/mol. The Hall–Kier alpha value is -2.83. The van der Waals surface area contributed by atoms with Crippen LogP contribution in [0.25, 0.3) is 11.0 Å². The van der Waals surface area contributed by atoms with Gasteiger partial charge in [-0.3, -0.25) is 5.10 Å². The summed E-state index contributed by atoms with van der Waals surface area (Å²) in [6.07, 6.45) is 5.76. The number of benzene rings is 1. The molecular weight excluding hydrogens is 352 g/mol. The smallest absolute Gasteiger partial charge is 0.229 e. The molecule has 0 spiro atoms. The molecule has 1 aromatic carbocycles. The quantitative estimate of drug-likeness (QED) is 0.751. The topological polar surface area (TPSA) is 70.2 Å². The molecule has 0 saturated carbocycles. The van der Waals surface area contributed by atoms with Crippen LogP contribution in [0.2, 0.25) is 0 Å². The number of ether oxygens (including phenoxy) is 1. The van der Waals surface area contributed by atoms with Crippen molar-refractivity contribution in [1.82, 2.24) is 20.2 Å². The van der Waals surface area contributed by atoms with Gasteiger partial charge in [-0.1, -0.05) is 12.1 Å². The van der Waals surface area contributed by atoms with E-state index >= 15 is 0 Å². The highest BCUT2D eigenvalue weighted by atomic mass is 16.5. The zero-order chi connectivity index (χ0) is 18.9. The number of rotatable bonds is 4. The Morgan fingerprint density at radius 2 is 1.82 bits per heavy atom. The lowest BCUT2D eigenvalue weighted by Gasteiger charge is -2.28. The molecule has 0 unspecified atom stereocenters. The van der Waals surface area contributed by atoms with Crippen LogP contribution in [0.15, 0.2) is 24.3 Å². The number of piperidine rings is 1. The third-order valence-corrected chi connectivity index (χ3v) is 5.78. The molecule has 146 valence electrons. The van der Waals surface area contributed by atoms with E-state index in [-0.39, 0.29) is 0 Å². The molecule has 2 aliphatic heterocycles. The molecule has 2 aliphatic rings. The molecule has 7 nitrogen and oxygen atoms in total. The maximum absolute atomic E-state index is 5.29. The van der Waals surface area contributed by atoms with E-state index in [1.54, 1.807) is 7.11 Å². The molecule has 0 amide bonds. The highest BCUT2D eigenvalue weighted by Crippen LogP contribution is 2.33. The standard InChI is InChI=1S/C21H26N6O/c1-28-16-9-7-15(8-10-16)14-27-13-5-6-17-18-19(25-24-17)22-21(23-20(18)27)26-11-3-2-4-12-26/h7-10H,2-6,11-14H2,1H3,(H,22,23,24,25). The first kappa shape index (κ1) is 17.3. The van der Waals surface area contributed by atoms with Crippen molar-refractivity contribution in [3.8, 4) is 5.75 Å². The monoisotopic (exact) mass is 378 g/mol. The lowest BCUT2D eigenvalue weighted by molar-refractivity contribution is 0.414. The second kappa shape index (κ2) is 7.30. The summed E-state index contributed by atoms with van der Waals surface area (Å²) in [5.74, 6) is 2.72. The van der Waals surface area contributed by atoms with Crippen LogP contribution < -0.4 is 14.5 Å². The molecule has 0 aliphatic carbocycles. The van der Waals surface area contributed by atoms with Crippen LogP contribution >= 0.6 is 0 Å². The molecule has 0 bridgehead atoms. The Morgan fingerprint density at radius 1 is 1.00 bits per heavy atom. The van der Waals surface area contributed by atoms with Crippen LogP contribution in [0, 0.1) is 0 Å². The average Bonchev–Trinajstić information content (AvgIpc) is 3.08. The molecule has 0 radical (unpaired) electrons. The molecular formula is C21H26N6O. The molecule has 1 fully saturated rings. The first-order valence-electron chi connectivity index (χ1n) is 10.2. The lowest BCUT2D eigenvalue weighted by Crippen LogP contribution is -2.32. The van der Waals surface area contributed by atoms with E-state index in [1.165, 1.54) is 24.8 Å². The normalized spacial score (nSPS) is 17.0. The fourth-order valence-corrected chi connectivity index (χ4v) is 4.26. The van der Waals surface area contributed by atoms with Crippen molar-refractivity contribution in [3.63, 3.8) is 0 Å². The summed E-state index contributed by atoms with van der Waals surface area (Å²) < 4.78 is 5.29. The van der Waals surface area contributed by atoms with Gasteiger partial charge in [-0.15, -0.1) is 0 Å². The van der Waals surface area contributed by atoms with Gasteiger partial charge in [0.2, 0.25) is 5.95 Å². The fraction of sp³-hybridized carbons (Fsp3) is 0.476. The molecule has 2 aromatic heterocycles. The van der Waals surface area contributed by atoms with Crippen LogP contribution in [0.5, 0.6) is 5.75 Å². The number of H-pyrrole nitrogens is 1. The Balaban J connectivity index is 1.53. The van der Waals surface area contributed by atoms with Gasteiger partial charge < -0.3 is 14.5 Å².